The zero-order valence-corrected chi connectivity index (χ0v) is 25.4. The summed E-state index contributed by atoms with van der Waals surface area (Å²) in [6.45, 7) is 4.97. The summed E-state index contributed by atoms with van der Waals surface area (Å²) in [4.78, 5) is 19.0. The van der Waals surface area contributed by atoms with E-state index in [1.54, 1.807) is 13.2 Å². The van der Waals surface area contributed by atoms with Crippen molar-refractivity contribution in [2.45, 2.75) is 30.9 Å². The maximum absolute atomic E-state index is 14.0. The lowest BCUT2D eigenvalue weighted by atomic mass is 9.84. The molecule has 232 valence electrons. The lowest BCUT2D eigenvalue weighted by molar-refractivity contribution is -0.129. The van der Waals surface area contributed by atoms with Crippen molar-refractivity contribution < 1.29 is 24.1 Å². The van der Waals surface area contributed by atoms with Gasteiger partial charge < -0.3 is 19.3 Å². The highest BCUT2D eigenvalue weighted by atomic mass is 16.5. The molecule has 0 aliphatic carbocycles. The van der Waals surface area contributed by atoms with Crippen molar-refractivity contribution >= 4 is 11.8 Å². The number of nitrogens with zero attached hydrogens (tertiary/aromatic N) is 1. The van der Waals surface area contributed by atoms with E-state index in [2.05, 4.69) is 29.6 Å². The molecule has 8 nitrogen and oxygen atoms in total. The number of hydrogen-bond donors (Lipinski definition) is 3. The second kappa shape index (κ2) is 15.2. The molecule has 1 aliphatic rings. The van der Waals surface area contributed by atoms with E-state index in [1.165, 1.54) is 0 Å². The molecular weight excluding hydrogens is 566 g/mol. The zero-order chi connectivity index (χ0) is 31.5. The van der Waals surface area contributed by atoms with Gasteiger partial charge in [-0.15, -0.1) is 6.58 Å². The van der Waals surface area contributed by atoms with Crippen molar-refractivity contribution in [3.8, 4) is 22.6 Å². The average molecular weight is 606 g/mol. The van der Waals surface area contributed by atoms with Crippen LogP contribution in [0.5, 0.6) is 11.5 Å². The zero-order valence-electron chi connectivity index (χ0n) is 25.4. The molecule has 45 heavy (non-hydrogen) atoms. The highest BCUT2D eigenvalue weighted by Crippen LogP contribution is 2.43. The summed E-state index contributed by atoms with van der Waals surface area (Å²) < 4.78 is 17.5. The Morgan fingerprint density at radius 1 is 0.933 bits per heavy atom. The Kier molecular flexibility index (Phi) is 10.6. The summed E-state index contributed by atoms with van der Waals surface area (Å²) in [7, 11) is 1.64. The Bertz CT molecular complexity index is 1570. The molecule has 0 spiro atoms. The predicted molar refractivity (Wildman–Crippen MR) is 176 cm³/mol. The number of aliphatic hydroxyl groups excluding tert-OH is 1. The van der Waals surface area contributed by atoms with E-state index in [1.807, 2.05) is 91.0 Å². The average Bonchev–Trinajstić information content (AvgIpc) is 3.48. The van der Waals surface area contributed by atoms with Gasteiger partial charge in [-0.2, -0.15) is 0 Å². The molecule has 4 aromatic rings. The highest BCUT2D eigenvalue weighted by Gasteiger charge is 2.52. The van der Waals surface area contributed by atoms with Crippen LogP contribution in [-0.4, -0.2) is 49.3 Å². The fraction of sp³-hybridized carbons (Fsp3) is 0.243. The van der Waals surface area contributed by atoms with Gasteiger partial charge in [-0.3, -0.25) is 10.2 Å². The van der Waals surface area contributed by atoms with Gasteiger partial charge in [0, 0.05) is 31.6 Å². The summed E-state index contributed by atoms with van der Waals surface area (Å²) in [6, 6.07) is 33.4. The van der Waals surface area contributed by atoms with Crippen LogP contribution in [0.1, 0.15) is 35.6 Å². The number of hydrogen-bond acceptors (Lipinski definition) is 7. The molecule has 5 rings (SSSR count). The standard InChI is InChI=1S/C37H39N3O5/c1-3-23-37(36(42)40-38-24-22-27-10-18-32(43-2)19-11-27)34(30-14-12-29(13-15-30)28-8-5-4-6-9-28)45-35(39-37)31-16-20-33(21-17-31)44-26-7-25-41/h3-6,8-21,34,38,41H,1,7,22-26H2,2H3,(H,40,42)/t34-,37-/m0/s1. The first-order valence-corrected chi connectivity index (χ1v) is 15.1. The molecular formula is C37H39N3O5. The van der Waals surface area contributed by atoms with Crippen LogP contribution >= 0.6 is 0 Å². The number of hydrazine groups is 1. The minimum atomic E-state index is -1.30. The Morgan fingerprint density at radius 2 is 1.60 bits per heavy atom. The van der Waals surface area contributed by atoms with Gasteiger partial charge in [0.15, 0.2) is 11.6 Å². The molecule has 1 aliphatic heterocycles. The van der Waals surface area contributed by atoms with E-state index < -0.39 is 11.6 Å². The lowest BCUT2D eigenvalue weighted by Gasteiger charge is -2.29. The van der Waals surface area contributed by atoms with Gasteiger partial charge in [-0.25, -0.2) is 10.4 Å². The van der Waals surface area contributed by atoms with Crippen molar-refractivity contribution in [2.75, 3.05) is 26.9 Å². The summed E-state index contributed by atoms with van der Waals surface area (Å²) in [6.07, 6.45) is 2.53. The number of ether oxygens (including phenoxy) is 3. The topological polar surface area (TPSA) is 101 Å². The molecule has 4 aromatic carbocycles. The maximum Gasteiger partial charge on any atom is 0.266 e. The van der Waals surface area contributed by atoms with Crippen LogP contribution in [0.4, 0.5) is 0 Å². The second-order valence-corrected chi connectivity index (χ2v) is 10.7. The second-order valence-electron chi connectivity index (χ2n) is 10.7. The number of nitrogens with one attached hydrogen (secondary N) is 2. The molecule has 0 aromatic heterocycles. The summed E-state index contributed by atoms with van der Waals surface area (Å²) >= 11 is 0. The van der Waals surface area contributed by atoms with Crippen molar-refractivity contribution in [3.05, 3.63) is 132 Å². The third-order valence-electron chi connectivity index (χ3n) is 7.71. The lowest BCUT2D eigenvalue weighted by Crippen LogP contribution is -2.52. The van der Waals surface area contributed by atoms with Crippen molar-refractivity contribution in [3.63, 3.8) is 0 Å². The van der Waals surface area contributed by atoms with Gasteiger partial charge in [0.1, 0.15) is 11.5 Å². The van der Waals surface area contributed by atoms with Gasteiger partial charge in [0.05, 0.1) is 13.7 Å². The summed E-state index contributed by atoms with van der Waals surface area (Å²) in [5, 5.41) is 9.04. The number of carbonyl (C=O) groups excluding carboxylic acids is 1. The Morgan fingerprint density at radius 3 is 2.27 bits per heavy atom. The van der Waals surface area contributed by atoms with Crippen LogP contribution in [-0.2, 0) is 16.0 Å². The van der Waals surface area contributed by atoms with Gasteiger partial charge in [0.2, 0.25) is 5.90 Å². The van der Waals surface area contributed by atoms with Crippen LogP contribution in [0.25, 0.3) is 11.1 Å². The molecule has 0 unspecified atom stereocenters. The molecule has 1 amide bonds. The fourth-order valence-electron chi connectivity index (χ4n) is 5.27. The third-order valence-corrected chi connectivity index (χ3v) is 7.71. The van der Waals surface area contributed by atoms with Crippen LogP contribution in [0, 0.1) is 0 Å². The smallest absolute Gasteiger partial charge is 0.266 e. The molecule has 3 N–H and O–H groups in total. The quantitative estimate of drug-likeness (QED) is 0.0897. The number of amides is 1. The van der Waals surface area contributed by atoms with E-state index in [9.17, 15) is 4.79 Å². The summed E-state index contributed by atoms with van der Waals surface area (Å²) in [5.74, 6) is 1.53. The largest absolute Gasteiger partial charge is 0.497 e. The van der Waals surface area contributed by atoms with E-state index >= 15 is 0 Å². The van der Waals surface area contributed by atoms with Crippen LogP contribution in [0.15, 0.2) is 121 Å². The molecule has 0 fully saturated rings. The Hall–Kier alpha value is -4.92. The van der Waals surface area contributed by atoms with Gasteiger partial charge >= 0.3 is 0 Å². The molecule has 8 heteroatoms. The first-order chi connectivity index (χ1) is 22.1. The molecule has 2 atom stereocenters. The van der Waals surface area contributed by atoms with Gasteiger partial charge in [-0.1, -0.05) is 72.8 Å². The number of aliphatic hydroxyl groups is 1. The number of carbonyl (C=O) groups is 1. The third kappa shape index (κ3) is 7.60. The first-order valence-electron chi connectivity index (χ1n) is 15.1. The van der Waals surface area contributed by atoms with E-state index in [0.29, 0.717) is 37.6 Å². The predicted octanol–water partition coefficient (Wildman–Crippen LogP) is 5.82. The fourth-order valence-corrected chi connectivity index (χ4v) is 5.27. The number of rotatable bonds is 15. The molecule has 1 heterocycles. The maximum atomic E-state index is 14.0. The van der Waals surface area contributed by atoms with E-state index in [-0.39, 0.29) is 18.9 Å². The van der Waals surface area contributed by atoms with E-state index in [4.69, 9.17) is 24.3 Å². The number of methoxy groups -OCH3 is 1. The van der Waals surface area contributed by atoms with E-state index in [0.717, 1.165) is 33.6 Å². The van der Waals surface area contributed by atoms with Crippen molar-refractivity contribution in [2.24, 2.45) is 4.99 Å². The number of benzene rings is 4. The van der Waals surface area contributed by atoms with Crippen molar-refractivity contribution in [1.29, 1.82) is 0 Å². The summed E-state index contributed by atoms with van der Waals surface area (Å²) in [5.41, 5.74) is 9.52. The minimum absolute atomic E-state index is 0.0697. The molecule has 0 saturated heterocycles. The van der Waals surface area contributed by atoms with Gasteiger partial charge in [0.25, 0.3) is 5.91 Å². The minimum Gasteiger partial charge on any atom is -0.497 e. The molecule has 0 radical (unpaired) electrons. The molecule has 0 saturated carbocycles. The Balaban J connectivity index is 1.39. The molecule has 0 bridgehead atoms. The van der Waals surface area contributed by atoms with Crippen molar-refractivity contribution in [1.82, 2.24) is 10.9 Å². The SMILES string of the molecule is C=CC[C@]1(C(=O)NNCCc2ccc(OC)cc2)N=C(c2ccc(OCCCO)cc2)O[C@H]1c1ccc(-c2ccccc2)cc1. The normalized spacial score (nSPS) is 17.2. The Labute approximate surface area is 264 Å². The van der Waals surface area contributed by atoms with Gasteiger partial charge in [-0.05, 0) is 65.1 Å². The van der Waals surface area contributed by atoms with Crippen LogP contribution < -0.4 is 20.3 Å². The monoisotopic (exact) mass is 605 g/mol. The van der Waals surface area contributed by atoms with Crippen LogP contribution in [0.2, 0.25) is 0 Å². The van der Waals surface area contributed by atoms with Crippen LogP contribution in [0.3, 0.4) is 0 Å². The highest BCUT2D eigenvalue weighted by molar-refractivity contribution is 6.01. The number of aliphatic imine (C=N–C) groups is 1. The first kappa shape index (κ1) is 31.5.